The molecule has 0 radical (unpaired) electrons. The predicted molar refractivity (Wildman–Crippen MR) is 96.8 cm³/mol. The summed E-state index contributed by atoms with van der Waals surface area (Å²) in [5, 5.41) is 2.95. The maximum Gasteiger partial charge on any atom is 0.422 e. The Hall–Kier alpha value is -3.17. The molecule has 150 valence electrons. The first-order valence-corrected chi connectivity index (χ1v) is 8.50. The minimum absolute atomic E-state index is 0.108. The lowest BCUT2D eigenvalue weighted by molar-refractivity contribution is -0.154. The quantitative estimate of drug-likeness (QED) is 0.596. The van der Waals surface area contributed by atoms with E-state index in [0.717, 1.165) is 6.42 Å². The van der Waals surface area contributed by atoms with E-state index in [1.54, 1.807) is 24.3 Å². The smallest absolute Gasteiger partial charge is 0.422 e. The maximum absolute atomic E-state index is 12.1. The minimum Gasteiger partial charge on any atom is -0.490 e. The van der Waals surface area contributed by atoms with Crippen LogP contribution >= 0.6 is 0 Å². The second-order valence-corrected chi connectivity index (χ2v) is 5.95. The van der Waals surface area contributed by atoms with Gasteiger partial charge in [-0.25, -0.2) is 9.98 Å². The zero-order chi connectivity index (χ0) is 20.0. The molecule has 0 atom stereocenters. The largest absolute Gasteiger partial charge is 0.490 e. The fourth-order valence-electron chi connectivity index (χ4n) is 2.35. The van der Waals surface area contributed by atoms with Crippen molar-refractivity contribution in [1.29, 1.82) is 0 Å². The summed E-state index contributed by atoms with van der Waals surface area (Å²) in [5.74, 6) is 1.38. The molecule has 2 heterocycles. The highest BCUT2D eigenvalue weighted by Crippen LogP contribution is 2.32. The first-order valence-electron chi connectivity index (χ1n) is 8.50. The molecule has 1 aromatic carbocycles. The van der Waals surface area contributed by atoms with Gasteiger partial charge in [-0.05, 0) is 17.7 Å². The van der Waals surface area contributed by atoms with E-state index < -0.39 is 12.8 Å². The number of hydrogen-bond donors (Lipinski definition) is 2. The first-order chi connectivity index (χ1) is 13.4. The number of pyridine rings is 1. The Bertz CT molecular complexity index is 826. The maximum atomic E-state index is 12.1. The summed E-state index contributed by atoms with van der Waals surface area (Å²) in [5.41, 5.74) is 7.25. The monoisotopic (exact) mass is 396 g/mol. The van der Waals surface area contributed by atoms with Crippen molar-refractivity contribution >= 4 is 11.6 Å². The van der Waals surface area contributed by atoms with Crippen molar-refractivity contribution in [2.75, 3.05) is 25.1 Å². The lowest BCUT2D eigenvalue weighted by Gasteiger charge is -2.11. The molecular weight excluding hydrogens is 377 g/mol. The van der Waals surface area contributed by atoms with E-state index in [0.29, 0.717) is 36.0 Å². The molecule has 1 aromatic heterocycles. The molecule has 2 aromatic rings. The average molecular weight is 396 g/mol. The molecule has 3 rings (SSSR count). The first kappa shape index (κ1) is 19.6. The number of fused-ring (bicyclic) bond motifs is 1. The number of aromatic nitrogens is 1. The van der Waals surface area contributed by atoms with Gasteiger partial charge >= 0.3 is 6.18 Å². The van der Waals surface area contributed by atoms with Crippen LogP contribution in [0.3, 0.4) is 0 Å². The molecule has 10 heteroatoms. The second kappa shape index (κ2) is 8.68. The number of guanidine groups is 1. The highest BCUT2D eigenvalue weighted by Gasteiger charge is 2.28. The predicted octanol–water partition coefficient (Wildman–Crippen LogP) is 3.11. The van der Waals surface area contributed by atoms with Crippen LogP contribution in [0.2, 0.25) is 0 Å². The Morgan fingerprint density at radius 2 is 1.96 bits per heavy atom. The second-order valence-electron chi connectivity index (χ2n) is 5.95. The van der Waals surface area contributed by atoms with Gasteiger partial charge in [0.15, 0.2) is 24.1 Å². The van der Waals surface area contributed by atoms with Crippen LogP contribution in [0.5, 0.6) is 17.4 Å². The highest BCUT2D eigenvalue weighted by atomic mass is 19.4. The van der Waals surface area contributed by atoms with Crippen LogP contribution < -0.4 is 25.3 Å². The van der Waals surface area contributed by atoms with Gasteiger partial charge in [0.25, 0.3) is 0 Å². The summed E-state index contributed by atoms with van der Waals surface area (Å²) in [6.07, 6.45) is -2.21. The van der Waals surface area contributed by atoms with Gasteiger partial charge in [0.05, 0.1) is 19.8 Å². The van der Waals surface area contributed by atoms with Crippen molar-refractivity contribution in [1.82, 2.24) is 4.98 Å². The van der Waals surface area contributed by atoms with E-state index in [1.165, 1.54) is 12.3 Å². The Kier molecular flexibility index (Phi) is 6.07. The average Bonchev–Trinajstić information content (AvgIpc) is 2.90. The number of anilines is 1. The van der Waals surface area contributed by atoms with Crippen LogP contribution in [0.4, 0.5) is 18.9 Å². The summed E-state index contributed by atoms with van der Waals surface area (Å²) in [4.78, 5) is 8.00. The van der Waals surface area contributed by atoms with E-state index in [2.05, 4.69) is 20.0 Å². The molecule has 0 unspecified atom stereocenters. The number of benzene rings is 1. The molecule has 28 heavy (non-hydrogen) atoms. The third-order valence-electron chi connectivity index (χ3n) is 3.63. The SMILES string of the molecule is NC(=NCc1ccc(OCC(F)(F)F)nc1)Nc1ccc2c(c1)OCCCO2. The van der Waals surface area contributed by atoms with E-state index in [-0.39, 0.29) is 18.4 Å². The van der Waals surface area contributed by atoms with Gasteiger partial charge in [-0.3, -0.25) is 0 Å². The van der Waals surface area contributed by atoms with Gasteiger partial charge in [0.2, 0.25) is 5.88 Å². The Balaban J connectivity index is 1.55. The number of aliphatic imine (C=N–C) groups is 1. The lowest BCUT2D eigenvalue weighted by atomic mass is 10.2. The van der Waals surface area contributed by atoms with E-state index in [4.69, 9.17) is 15.2 Å². The number of nitrogens with one attached hydrogen (secondary N) is 1. The molecule has 1 aliphatic rings. The fourth-order valence-corrected chi connectivity index (χ4v) is 2.35. The van der Waals surface area contributed by atoms with Crippen molar-refractivity contribution in [2.45, 2.75) is 19.1 Å². The van der Waals surface area contributed by atoms with Crippen molar-refractivity contribution in [3.05, 3.63) is 42.1 Å². The number of ether oxygens (including phenoxy) is 3. The summed E-state index contributed by atoms with van der Waals surface area (Å²) in [6.45, 7) is 0.00693. The van der Waals surface area contributed by atoms with Crippen LogP contribution in [0, 0.1) is 0 Å². The molecule has 0 spiro atoms. The van der Waals surface area contributed by atoms with E-state index in [1.807, 2.05) is 0 Å². The van der Waals surface area contributed by atoms with Crippen LogP contribution in [0.1, 0.15) is 12.0 Å². The molecule has 0 bridgehead atoms. The van der Waals surface area contributed by atoms with Crippen molar-refractivity contribution < 1.29 is 27.4 Å². The highest BCUT2D eigenvalue weighted by molar-refractivity contribution is 5.92. The van der Waals surface area contributed by atoms with Crippen LogP contribution in [-0.4, -0.2) is 36.9 Å². The zero-order valence-electron chi connectivity index (χ0n) is 14.8. The van der Waals surface area contributed by atoms with Gasteiger partial charge in [-0.1, -0.05) is 6.07 Å². The van der Waals surface area contributed by atoms with Crippen LogP contribution in [-0.2, 0) is 6.54 Å². The molecule has 0 saturated heterocycles. The Labute approximate surface area is 159 Å². The van der Waals surface area contributed by atoms with Gasteiger partial charge in [0, 0.05) is 30.4 Å². The number of hydrogen-bond acceptors (Lipinski definition) is 5. The molecule has 0 aliphatic carbocycles. The Morgan fingerprint density at radius 3 is 2.68 bits per heavy atom. The summed E-state index contributed by atoms with van der Waals surface area (Å²) in [6, 6.07) is 8.29. The van der Waals surface area contributed by atoms with Gasteiger partial charge in [-0.15, -0.1) is 0 Å². The van der Waals surface area contributed by atoms with Crippen LogP contribution in [0.15, 0.2) is 41.5 Å². The van der Waals surface area contributed by atoms with Gasteiger partial charge < -0.3 is 25.3 Å². The standard InChI is InChI=1S/C18H19F3N4O3/c19-18(20,21)11-28-16-5-2-12(9-23-16)10-24-17(22)25-13-3-4-14-15(8-13)27-7-1-6-26-14/h2-5,8-9H,1,6-7,10-11H2,(H3,22,24,25). The molecule has 3 N–H and O–H groups in total. The molecule has 0 saturated carbocycles. The van der Waals surface area contributed by atoms with Gasteiger partial charge in [0.1, 0.15) is 0 Å². The van der Waals surface area contributed by atoms with E-state index >= 15 is 0 Å². The normalized spacial score (nSPS) is 14.3. The topological polar surface area (TPSA) is 91.0 Å². The molecule has 7 nitrogen and oxygen atoms in total. The minimum atomic E-state index is -4.41. The number of nitrogens with zero attached hydrogens (tertiary/aromatic N) is 2. The number of alkyl halides is 3. The molecule has 0 amide bonds. The number of halogens is 3. The number of nitrogens with two attached hydrogens (primary N) is 1. The van der Waals surface area contributed by atoms with Gasteiger partial charge in [-0.2, -0.15) is 13.2 Å². The summed E-state index contributed by atoms with van der Waals surface area (Å²) in [7, 11) is 0. The fraction of sp³-hybridized carbons (Fsp3) is 0.333. The Morgan fingerprint density at radius 1 is 1.18 bits per heavy atom. The summed E-state index contributed by atoms with van der Waals surface area (Å²) >= 11 is 0. The van der Waals surface area contributed by atoms with E-state index in [9.17, 15) is 13.2 Å². The van der Waals surface area contributed by atoms with Crippen LogP contribution in [0.25, 0.3) is 0 Å². The summed E-state index contributed by atoms with van der Waals surface area (Å²) < 4.78 is 52.1. The third kappa shape index (κ3) is 5.93. The zero-order valence-corrected chi connectivity index (χ0v) is 14.8. The molecule has 1 aliphatic heterocycles. The lowest BCUT2D eigenvalue weighted by Crippen LogP contribution is -2.22. The van der Waals surface area contributed by atoms with Crippen molar-refractivity contribution in [3.8, 4) is 17.4 Å². The van der Waals surface area contributed by atoms with Crippen molar-refractivity contribution in [2.24, 2.45) is 10.7 Å². The molecular formula is C18H19F3N4O3. The number of rotatable bonds is 5. The third-order valence-corrected chi connectivity index (χ3v) is 3.63. The van der Waals surface area contributed by atoms with Crippen molar-refractivity contribution in [3.63, 3.8) is 0 Å². The molecule has 0 fully saturated rings.